The van der Waals surface area contributed by atoms with E-state index < -0.39 is 10.0 Å². The van der Waals surface area contributed by atoms with Crippen LogP contribution < -0.4 is 10.0 Å². The van der Waals surface area contributed by atoms with E-state index in [4.69, 9.17) is 11.6 Å². The van der Waals surface area contributed by atoms with Crippen LogP contribution in [0.3, 0.4) is 0 Å². The van der Waals surface area contributed by atoms with Crippen molar-refractivity contribution in [1.82, 2.24) is 9.97 Å². The van der Waals surface area contributed by atoms with Gasteiger partial charge >= 0.3 is 0 Å². The van der Waals surface area contributed by atoms with Crippen molar-refractivity contribution in [3.8, 4) is 10.4 Å². The molecule has 0 unspecified atom stereocenters. The van der Waals surface area contributed by atoms with Crippen LogP contribution >= 0.6 is 22.9 Å². The monoisotopic (exact) mass is 470 g/mol. The number of nitrogens with one attached hydrogen (secondary N) is 2. The number of benzene rings is 2. The van der Waals surface area contributed by atoms with E-state index in [2.05, 4.69) is 20.0 Å². The molecule has 2 heterocycles. The van der Waals surface area contributed by atoms with Crippen LogP contribution in [0.25, 0.3) is 10.4 Å². The van der Waals surface area contributed by atoms with Gasteiger partial charge in [0.05, 0.1) is 9.77 Å². The summed E-state index contributed by atoms with van der Waals surface area (Å²) in [6.45, 7) is 0. The lowest BCUT2D eigenvalue weighted by Crippen LogP contribution is -2.15. The summed E-state index contributed by atoms with van der Waals surface area (Å²) < 4.78 is 27.2. The van der Waals surface area contributed by atoms with Crippen LogP contribution in [0.1, 0.15) is 9.67 Å². The van der Waals surface area contributed by atoms with Crippen molar-refractivity contribution < 1.29 is 13.2 Å². The van der Waals surface area contributed by atoms with Crippen LogP contribution in [-0.2, 0) is 10.0 Å². The maximum absolute atomic E-state index is 12.6. The van der Waals surface area contributed by atoms with E-state index in [1.165, 1.54) is 48.0 Å². The Labute approximate surface area is 187 Å². The van der Waals surface area contributed by atoms with E-state index in [0.29, 0.717) is 15.6 Å². The molecule has 31 heavy (non-hydrogen) atoms. The topological polar surface area (TPSA) is 101 Å². The van der Waals surface area contributed by atoms with Gasteiger partial charge in [-0.15, -0.1) is 11.3 Å². The summed E-state index contributed by atoms with van der Waals surface area (Å²) in [6.07, 6.45) is 2.87. The number of amides is 1. The molecule has 10 heteroatoms. The number of carbonyl (C=O) groups is 1. The average Bonchev–Trinajstić information content (AvgIpc) is 3.25. The first-order valence-corrected chi connectivity index (χ1v) is 11.7. The summed E-state index contributed by atoms with van der Waals surface area (Å²) in [5.41, 5.74) is 1.44. The van der Waals surface area contributed by atoms with E-state index in [0.717, 1.165) is 10.4 Å². The summed E-state index contributed by atoms with van der Waals surface area (Å²) in [5, 5.41) is 3.42. The van der Waals surface area contributed by atoms with E-state index in [1.807, 2.05) is 18.2 Å². The molecular weight excluding hydrogens is 456 g/mol. The van der Waals surface area contributed by atoms with Crippen molar-refractivity contribution in [2.45, 2.75) is 4.90 Å². The van der Waals surface area contributed by atoms with Crippen molar-refractivity contribution in [3.05, 3.63) is 89.0 Å². The smallest absolute Gasteiger partial charge is 0.265 e. The Morgan fingerprint density at radius 2 is 1.58 bits per heavy atom. The van der Waals surface area contributed by atoms with Crippen molar-refractivity contribution in [3.63, 3.8) is 0 Å². The number of hydrogen-bond donors (Lipinski definition) is 2. The van der Waals surface area contributed by atoms with Gasteiger partial charge in [-0.1, -0.05) is 23.7 Å². The molecule has 2 aromatic carbocycles. The highest BCUT2D eigenvalue weighted by Crippen LogP contribution is 2.29. The average molecular weight is 471 g/mol. The fourth-order valence-corrected chi connectivity index (χ4v) is 4.66. The Balaban J connectivity index is 1.44. The predicted octanol–water partition coefficient (Wildman–Crippen LogP) is 4.91. The fourth-order valence-electron chi connectivity index (χ4n) is 2.67. The number of thiophene rings is 1. The number of rotatable bonds is 6. The third kappa shape index (κ3) is 5.08. The largest absolute Gasteiger partial charge is 0.321 e. The molecule has 0 aliphatic carbocycles. The van der Waals surface area contributed by atoms with Gasteiger partial charge in [0, 0.05) is 28.0 Å². The SMILES string of the molecule is O=C(Nc1ccc(S(=O)(=O)Nc2ncccn2)cc1)c1ccc(-c2ccc(Cl)cc2)s1. The molecule has 1 amide bonds. The zero-order valence-corrected chi connectivity index (χ0v) is 18.2. The van der Waals surface area contributed by atoms with Crippen LogP contribution in [0, 0.1) is 0 Å². The Morgan fingerprint density at radius 3 is 2.26 bits per heavy atom. The third-order valence-corrected chi connectivity index (χ3v) is 6.90. The van der Waals surface area contributed by atoms with Gasteiger partial charge in [0.15, 0.2) is 0 Å². The van der Waals surface area contributed by atoms with E-state index in [1.54, 1.807) is 24.3 Å². The maximum atomic E-state index is 12.6. The zero-order valence-electron chi connectivity index (χ0n) is 15.8. The fraction of sp³-hybridized carbons (Fsp3) is 0. The number of aromatic nitrogens is 2. The van der Waals surface area contributed by atoms with Crippen LogP contribution in [0.4, 0.5) is 11.6 Å². The Morgan fingerprint density at radius 1 is 0.903 bits per heavy atom. The predicted molar refractivity (Wildman–Crippen MR) is 122 cm³/mol. The molecule has 4 rings (SSSR count). The van der Waals surface area contributed by atoms with Crippen LogP contribution in [0.15, 0.2) is 84.0 Å². The van der Waals surface area contributed by atoms with E-state index >= 15 is 0 Å². The molecular formula is C21H15ClN4O3S2. The number of nitrogens with zero attached hydrogens (tertiary/aromatic N) is 2. The van der Waals surface area contributed by atoms with Gasteiger partial charge in [-0.3, -0.25) is 4.79 Å². The molecule has 156 valence electrons. The lowest BCUT2D eigenvalue weighted by molar-refractivity contribution is 0.103. The van der Waals surface area contributed by atoms with Gasteiger partial charge in [-0.05, 0) is 60.2 Å². The lowest BCUT2D eigenvalue weighted by Gasteiger charge is -2.08. The molecule has 0 saturated carbocycles. The first kappa shape index (κ1) is 21.0. The van der Waals surface area contributed by atoms with Gasteiger partial charge in [-0.2, -0.15) is 0 Å². The number of sulfonamides is 1. The highest BCUT2D eigenvalue weighted by molar-refractivity contribution is 7.92. The Bertz CT molecular complexity index is 1310. The normalized spacial score (nSPS) is 11.1. The number of carbonyl (C=O) groups excluding carboxylic acids is 1. The second-order valence-electron chi connectivity index (χ2n) is 6.33. The van der Waals surface area contributed by atoms with Crippen LogP contribution in [0.2, 0.25) is 5.02 Å². The van der Waals surface area contributed by atoms with Gasteiger partial charge < -0.3 is 5.32 Å². The maximum Gasteiger partial charge on any atom is 0.265 e. The summed E-state index contributed by atoms with van der Waals surface area (Å²) in [7, 11) is -3.84. The number of halogens is 1. The summed E-state index contributed by atoms with van der Waals surface area (Å²) >= 11 is 7.27. The van der Waals surface area contributed by atoms with Crippen LogP contribution in [0.5, 0.6) is 0 Å². The molecule has 7 nitrogen and oxygen atoms in total. The molecule has 0 fully saturated rings. The molecule has 0 bridgehead atoms. The number of hydrogen-bond acceptors (Lipinski definition) is 6. The first-order valence-electron chi connectivity index (χ1n) is 8.98. The van der Waals surface area contributed by atoms with E-state index in [-0.39, 0.29) is 16.8 Å². The summed E-state index contributed by atoms with van der Waals surface area (Å²) in [4.78, 5) is 21.8. The van der Waals surface area contributed by atoms with Gasteiger partial charge in [0.1, 0.15) is 0 Å². The zero-order chi connectivity index (χ0) is 21.8. The van der Waals surface area contributed by atoms with Gasteiger partial charge in [-0.25, -0.2) is 23.1 Å². The third-order valence-electron chi connectivity index (χ3n) is 4.17. The van der Waals surface area contributed by atoms with E-state index in [9.17, 15) is 13.2 Å². The first-order chi connectivity index (χ1) is 14.9. The van der Waals surface area contributed by atoms with Crippen molar-refractivity contribution in [2.75, 3.05) is 10.0 Å². The van der Waals surface area contributed by atoms with Gasteiger partial charge in [0.25, 0.3) is 15.9 Å². The molecule has 2 N–H and O–H groups in total. The molecule has 0 aliphatic heterocycles. The Kier molecular flexibility index (Phi) is 5.99. The second-order valence-corrected chi connectivity index (χ2v) is 9.53. The summed E-state index contributed by atoms with van der Waals surface area (Å²) in [5.74, 6) is -0.300. The molecule has 4 aromatic rings. The molecule has 0 atom stereocenters. The standard InChI is InChI=1S/C21H15ClN4O3S2/c22-15-4-2-14(3-5-15)18-10-11-19(30-18)20(27)25-16-6-8-17(9-7-16)31(28,29)26-21-23-12-1-13-24-21/h1-13H,(H,25,27)(H,23,24,26). The minimum absolute atomic E-state index is 0.0194. The van der Waals surface area contributed by atoms with Crippen molar-refractivity contribution in [1.29, 1.82) is 0 Å². The minimum atomic E-state index is -3.84. The molecule has 2 aromatic heterocycles. The second kappa shape index (κ2) is 8.84. The van der Waals surface area contributed by atoms with Crippen molar-refractivity contribution >= 4 is 50.5 Å². The summed E-state index contributed by atoms with van der Waals surface area (Å²) in [6, 6.07) is 18.4. The molecule has 0 radical (unpaired) electrons. The highest BCUT2D eigenvalue weighted by atomic mass is 35.5. The quantitative estimate of drug-likeness (QED) is 0.417. The van der Waals surface area contributed by atoms with Crippen molar-refractivity contribution in [2.24, 2.45) is 0 Å². The highest BCUT2D eigenvalue weighted by Gasteiger charge is 2.16. The Hall–Kier alpha value is -3.27. The molecule has 0 saturated heterocycles. The molecule has 0 spiro atoms. The molecule has 0 aliphatic rings. The minimum Gasteiger partial charge on any atom is -0.321 e. The van der Waals surface area contributed by atoms with Gasteiger partial charge in [0.2, 0.25) is 5.95 Å². The lowest BCUT2D eigenvalue weighted by atomic mass is 10.2. The number of anilines is 2. The van der Waals surface area contributed by atoms with Crippen LogP contribution in [-0.4, -0.2) is 24.3 Å².